The number of anilines is 1. The van der Waals surface area contributed by atoms with Gasteiger partial charge in [-0.1, -0.05) is 0 Å². The maximum absolute atomic E-state index is 12.5. The minimum absolute atomic E-state index is 0.0260. The van der Waals surface area contributed by atoms with Gasteiger partial charge in [-0.2, -0.15) is 13.2 Å². The predicted molar refractivity (Wildman–Crippen MR) is 85.5 cm³/mol. The van der Waals surface area contributed by atoms with Gasteiger partial charge in [-0.3, -0.25) is 9.78 Å². The molecule has 1 aromatic heterocycles. The summed E-state index contributed by atoms with van der Waals surface area (Å²) in [4.78, 5) is 17.5. The van der Waals surface area contributed by atoms with E-state index in [0.29, 0.717) is 18.7 Å². The lowest BCUT2D eigenvalue weighted by Gasteiger charge is -2.18. The minimum atomic E-state index is -4.36. The SMILES string of the molecule is CN(CCc1ccncc1)C(=O)CNc1ccc(C(F)(F)F)cc1. The first-order valence-electron chi connectivity index (χ1n) is 7.40. The average molecular weight is 337 g/mol. The van der Waals surface area contributed by atoms with Gasteiger partial charge in [-0.15, -0.1) is 0 Å². The standard InChI is InChI=1S/C17H18F3N3O/c1-23(11-8-13-6-9-21-10-7-13)16(24)12-22-15-4-2-14(3-5-15)17(18,19)20/h2-7,9-10,22H,8,11-12H2,1H3. The highest BCUT2D eigenvalue weighted by atomic mass is 19.4. The number of hydrogen-bond donors (Lipinski definition) is 1. The van der Waals surface area contributed by atoms with Gasteiger partial charge >= 0.3 is 6.18 Å². The van der Waals surface area contributed by atoms with E-state index in [-0.39, 0.29) is 12.5 Å². The number of carbonyl (C=O) groups excluding carboxylic acids is 1. The fraction of sp³-hybridized carbons (Fsp3) is 0.294. The average Bonchev–Trinajstić information content (AvgIpc) is 2.58. The number of likely N-dealkylation sites (N-methyl/N-ethyl adjacent to an activating group) is 1. The Bertz CT molecular complexity index is 657. The number of carbonyl (C=O) groups is 1. The Morgan fingerprint density at radius 2 is 1.75 bits per heavy atom. The van der Waals surface area contributed by atoms with E-state index in [2.05, 4.69) is 10.3 Å². The summed E-state index contributed by atoms with van der Waals surface area (Å²) < 4.78 is 37.4. The molecule has 0 spiro atoms. The third-order valence-corrected chi connectivity index (χ3v) is 3.57. The van der Waals surface area contributed by atoms with Crippen LogP contribution in [-0.2, 0) is 17.4 Å². The lowest BCUT2D eigenvalue weighted by Crippen LogP contribution is -2.33. The zero-order valence-corrected chi connectivity index (χ0v) is 13.2. The van der Waals surface area contributed by atoms with Crippen molar-refractivity contribution in [2.75, 3.05) is 25.5 Å². The summed E-state index contributed by atoms with van der Waals surface area (Å²) in [6, 6.07) is 8.37. The number of pyridine rings is 1. The molecule has 1 amide bonds. The molecule has 4 nitrogen and oxygen atoms in total. The van der Waals surface area contributed by atoms with Crippen molar-refractivity contribution >= 4 is 11.6 Å². The van der Waals surface area contributed by atoms with Gasteiger partial charge in [-0.25, -0.2) is 0 Å². The molecule has 1 aromatic carbocycles. The maximum Gasteiger partial charge on any atom is 0.416 e. The summed E-state index contributed by atoms with van der Waals surface area (Å²) in [6.07, 6.45) is -0.251. The van der Waals surface area contributed by atoms with Crippen LogP contribution in [0.5, 0.6) is 0 Å². The first kappa shape index (κ1) is 17.8. The number of rotatable bonds is 6. The molecule has 0 radical (unpaired) electrons. The van der Waals surface area contributed by atoms with Crippen LogP contribution in [0.1, 0.15) is 11.1 Å². The summed E-state index contributed by atoms with van der Waals surface area (Å²) in [5.41, 5.74) is 0.841. The Hall–Kier alpha value is -2.57. The Morgan fingerprint density at radius 3 is 2.33 bits per heavy atom. The van der Waals surface area contributed by atoms with E-state index in [1.54, 1.807) is 24.3 Å². The molecule has 0 aliphatic rings. The summed E-state index contributed by atoms with van der Waals surface area (Å²) in [5, 5.41) is 2.83. The van der Waals surface area contributed by atoms with Crippen molar-refractivity contribution in [2.24, 2.45) is 0 Å². The lowest BCUT2D eigenvalue weighted by molar-refractivity contribution is -0.137. The van der Waals surface area contributed by atoms with Gasteiger partial charge in [0.2, 0.25) is 5.91 Å². The number of nitrogens with zero attached hydrogens (tertiary/aromatic N) is 2. The topological polar surface area (TPSA) is 45.2 Å². The second-order valence-electron chi connectivity index (χ2n) is 5.35. The van der Waals surface area contributed by atoms with E-state index in [1.165, 1.54) is 12.1 Å². The Balaban J connectivity index is 1.79. The van der Waals surface area contributed by atoms with E-state index < -0.39 is 11.7 Å². The summed E-state index contributed by atoms with van der Waals surface area (Å²) in [6.45, 7) is 0.579. The molecule has 0 aliphatic heterocycles. The van der Waals surface area contributed by atoms with Crippen LogP contribution in [0.15, 0.2) is 48.8 Å². The Morgan fingerprint density at radius 1 is 1.12 bits per heavy atom. The molecule has 1 heterocycles. The monoisotopic (exact) mass is 337 g/mol. The van der Waals surface area contributed by atoms with Crippen LogP contribution < -0.4 is 5.32 Å². The normalized spacial score (nSPS) is 11.2. The van der Waals surface area contributed by atoms with E-state index in [9.17, 15) is 18.0 Å². The molecule has 0 saturated heterocycles. The van der Waals surface area contributed by atoms with Gasteiger partial charge in [0.05, 0.1) is 12.1 Å². The zero-order chi connectivity index (χ0) is 17.6. The minimum Gasteiger partial charge on any atom is -0.376 e. The summed E-state index contributed by atoms with van der Waals surface area (Å²) in [5.74, 6) is -0.135. The van der Waals surface area contributed by atoms with Gasteiger partial charge in [0.25, 0.3) is 0 Å². The Labute approximate surface area is 138 Å². The molecule has 2 aromatic rings. The third-order valence-electron chi connectivity index (χ3n) is 3.57. The van der Waals surface area contributed by atoms with Crippen molar-refractivity contribution in [2.45, 2.75) is 12.6 Å². The first-order valence-corrected chi connectivity index (χ1v) is 7.40. The van der Waals surface area contributed by atoms with E-state index in [4.69, 9.17) is 0 Å². The van der Waals surface area contributed by atoms with Crippen molar-refractivity contribution in [1.82, 2.24) is 9.88 Å². The summed E-state index contributed by atoms with van der Waals surface area (Å²) >= 11 is 0. The van der Waals surface area contributed by atoms with E-state index in [0.717, 1.165) is 17.7 Å². The number of nitrogens with one attached hydrogen (secondary N) is 1. The van der Waals surface area contributed by atoms with Crippen LogP contribution in [0.3, 0.4) is 0 Å². The molecule has 0 unspecified atom stereocenters. The molecule has 7 heteroatoms. The summed E-state index contributed by atoms with van der Waals surface area (Å²) in [7, 11) is 1.69. The highest BCUT2D eigenvalue weighted by Gasteiger charge is 2.29. The van der Waals surface area contributed by atoms with Crippen LogP contribution >= 0.6 is 0 Å². The molecule has 0 atom stereocenters. The third kappa shape index (κ3) is 5.26. The van der Waals surface area contributed by atoms with Crippen molar-refractivity contribution in [3.05, 3.63) is 59.9 Å². The highest BCUT2D eigenvalue weighted by Crippen LogP contribution is 2.29. The van der Waals surface area contributed by atoms with Crippen LogP contribution in [-0.4, -0.2) is 35.9 Å². The molecule has 2 rings (SSSR count). The molecule has 0 saturated carbocycles. The van der Waals surface area contributed by atoms with Crippen molar-refractivity contribution in [3.63, 3.8) is 0 Å². The molecular weight excluding hydrogens is 319 g/mol. The van der Waals surface area contributed by atoms with Gasteiger partial charge < -0.3 is 10.2 Å². The van der Waals surface area contributed by atoms with Crippen LogP contribution in [0, 0.1) is 0 Å². The molecule has 0 aliphatic carbocycles. The number of alkyl halides is 3. The van der Waals surface area contributed by atoms with Crippen LogP contribution in [0.25, 0.3) is 0 Å². The number of amides is 1. The smallest absolute Gasteiger partial charge is 0.376 e. The van der Waals surface area contributed by atoms with Gasteiger partial charge in [0.1, 0.15) is 0 Å². The number of hydrogen-bond acceptors (Lipinski definition) is 3. The predicted octanol–water partition coefficient (Wildman–Crippen LogP) is 3.21. The molecular formula is C17H18F3N3O. The fourth-order valence-electron chi connectivity index (χ4n) is 2.06. The highest BCUT2D eigenvalue weighted by molar-refractivity contribution is 5.80. The number of aromatic nitrogens is 1. The Kier molecular flexibility index (Phi) is 5.78. The number of benzene rings is 1. The largest absolute Gasteiger partial charge is 0.416 e. The second-order valence-corrected chi connectivity index (χ2v) is 5.35. The van der Waals surface area contributed by atoms with Crippen molar-refractivity contribution < 1.29 is 18.0 Å². The second kappa shape index (κ2) is 7.81. The quantitative estimate of drug-likeness (QED) is 0.880. The molecule has 0 fully saturated rings. The van der Waals surface area contributed by atoms with Crippen LogP contribution in [0.4, 0.5) is 18.9 Å². The molecule has 128 valence electrons. The van der Waals surface area contributed by atoms with Crippen molar-refractivity contribution in [1.29, 1.82) is 0 Å². The van der Waals surface area contributed by atoms with E-state index >= 15 is 0 Å². The fourth-order valence-corrected chi connectivity index (χ4v) is 2.06. The van der Waals surface area contributed by atoms with Crippen molar-refractivity contribution in [3.8, 4) is 0 Å². The van der Waals surface area contributed by atoms with Gasteiger partial charge in [0.15, 0.2) is 0 Å². The zero-order valence-electron chi connectivity index (χ0n) is 13.2. The molecule has 0 bridgehead atoms. The lowest BCUT2D eigenvalue weighted by atomic mass is 10.2. The van der Waals surface area contributed by atoms with E-state index in [1.807, 2.05) is 12.1 Å². The molecule has 24 heavy (non-hydrogen) atoms. The molecule has 1 N–H and O–H groups in total. The van der Waals surface area contributed by atoms with Gasteiger partial charge in [0, 0.05) is 31.7 Å². The van der Waals surface area contributed by atoms with Crippen LogP contribution in [0.2, 0.25) is 0 Å². The maximum atomic E-state index is 12.5. The number of halogens is 3. The van der Waals surface area contributed by atoms with Gasteiger partial charge in [-0.05, 0) is 48.4 Å². The first-order chi connectivity index (χ1) is 11.4.